The molecule has 0 aromatic heterocycles. The van der Waals surface area contributed by atoms with Crippen molar-refractivity contribution in [2.45, 2.75) is 39.0 Å². The van der Waals surface area contributed by atoms with Gasteiger partial charge in [0.25, 0.3) is 0 Å². The zero-order valence-electron chi connectivity index (χ0n) is 14.3. The summed E-state index contributed by atoms with van der Waals surface area (Å²) in [5, 5.41) is 3.09. The standard InChI is InChI=1S/C17H24F2N2O3/c1-17(2,3)24-16(22)21-6-7-23-11-14(21)10-20-9-12-4-5-13(18)8-15(12)19/h4-5,8,14,20H,6-7,9-11H2,1-3H3. The van der Waals surface area contributed by atoms with Gasteiger partial charge in [-0.1, -0.05) is 6.07 Å². The first-order valence-electron chi connectivity index (χ1n) is 7.98. The van der Waals surface area contributed by atoms with Crippen LogP contribution in [0.15, 0.2) is 18.2 Å². The Hall–Kier alpha value is -1.73. The Morgan fingerprint density at radius 1 is 1.42 bits per heavy atom. The van der Waals surface area contributed by atoms with Crippen molar-refractivity contribution in [3.8, 4) is 0 Å². The molecule has 0 aliphatic carbocycles. The lowest BCUT2D eigenvalue weighted by Gasteiger charge is -2.36. The molecule has 0 radical (unpaired) electrons. The van der Waals surface area contributed by atoms with Crippen LogP contribution >= 0.6 is 0 Å². The van der Waals surface area contributed by atoms with Gasteiger partial charge in [-0.05, 0) is 26.8 Å². The summed E-state index contributed by atoms with van der Waals surface area (Å²) in [6.45, 7) is 7.41. The van der Waals surface area contributed by atoms with Crippen LogP contribution in [-0.4, -0.2) is 48.9 Å². The Labute approximate surface area is 140 Å². The van der Waals surface area contributed by atoms with Crippen molar-refractivity contribution >= 4 is 6.09 Å². The minimum atomic E-state index is -0.604. The molecule has 0 bridgehead atoms. The summed E-state index contributed by atoms with van der Waals surface area (Å²) in [4.78, 5) is 13.9. The highest BCUT2D eigenvalue weighted by molar-refractivity contribution is 5.68. The van der Waals surface area contributed by atoms with Crippen LogP contribution in [0, 0.1) is 11.6 Å². The van der Waals surface area contributed by atoms with Gasteiger partial charge in [0, 0.05) is 31.3 Å². The third-order valence-electron chi connectivity index (χ3n) is 3.57. The molecule has 1 fully saturated rings. The molecule has 0 spiro atoms. The summed E-state index contributed by atoms with van der Waals surface area (Å²) < 4.78 is 37.3. The first-order valence-corrected chi connectivity index (χ1v) is 7.98. The monoisotopic (exact) mass is 342 g/mol. The second-order valence-corrected chi connectivity index (χ2v) is 6.77. The van der Waals surface area contributed by atoms with Gasteiger partial charge in [-0.15, -0.1) is 0 Å². The molecule has 0 saturated carbocycles. The highest BCUT2D eigenvalue weighted by Crippen LogP contribution is 2.15. The summed E-state index contributed by atoms with van der Waals surface area (Å²) in [5.74, 6) is -1.19. The molecule has 1 atom stereocenters. The van der Waals surface area contributed by atoms with Crippen LogP contribution in [0.3, 0.4) is 0 Å². The van der Waals surface area contributed by atoms with Crippen LogP contribution in [0.4, 0.5) is 13.6 Å². The predicted molar refractivity (Wildman–Crippen MR) is 85.6 cm³/mol. The van der Waals surface area contributed by atoms with Crippen molar-refractivity contribution in [1.29, 1.82) is 0 Å². The number of hydrogen-bond donors (Lipinski definition) is 1. The minimum absolute atomic E-state index is 0.197. The lowest BCUT2D eigenvalue weighted by Crippen LogP contribution is -2.54. The third-order valence-corrected chi connectivity index (χ3v) is 3.57. The molecule has 1 N–H and O–H groups in total. The van der Waals surface area contributed by atoms with Crippen LogP contribution in [-0.2, 0) is 16.0 Å². The molecule has 1 aliphatic rings. The summed E-state index contributed by atoms with van der Waals surface area (Å²) in [6.07, 6.45) is -0.384. The second kappa shape index (κ2) is 7.90. The topological polar surface area (TPSA) is 50.8 Å². The van der Waals surface area contributed by atoms with E-state index in [9.17, 15) is 13.6 Å². The molecule has 1 amide bonds. The molecule has 2 rings (SSSR count). The first-order chi connectivity index (χ1) is 11.3. The Bertz CT molecular complexity index is 575. The maximum Gasteiger partial charge on any atom is 0.410 e. The zero-order chi connectivity index (χ0) is 17.7. The van der Waals surface area contributed by atoms with Crippen LogP contribution in [0.5, 0.6) is 0 Å². The van der Waals surface area contributed by atoms with Crippen LogP contribution in [0.2, 0.25) is 0 Å². The quantitative estimate of drug-likeness (QED) is 0.914. The van der Waals surface area contributed by atoms with Crippen molar-refractivity contribution in [3.63, 3.8) is 0 Å². The molecule has 1 heterocycles. The normalized spacial score (nSPS) is 18.5. The average Bonchev–Trinajstić information content (AvgIpc) is 2.48. The molecule has 1 aliphatic heterocycles. The van der Waals surface area contributed by atoms with E-state index in [0.717, 1.165) is 6.07 Å². The Morgan fingerprint density at radius 2 is 2.17 bits per heavy atom. The highest BCUT2D eigenvalue weighted by atomic mass is 19.1. The number of benzene rings is 1. The lowest BCUT2D eigenvalue weighted by atomic mass is 10.2. The van der Waals surface area contributed by atoms with Gasteiger partial charge in [0.2, 0.25) is 0 Å². The molecular formula is C17H24F2N2O3. The molecule has 134 valence electrons. The van der Waals surface area contributed by atoms with Gasteiger partial charge in [-0.3, -0.25) is 4.90 Å². The third kappa shape index (κ3) is 5.42. The van der Waals surface area contributed by atoms with Crippen molar-refractivity contribution in [3.05, 3.63) is 35.4 Å². The summed E-state index contributed by atoms with van der Waals surface area (Å²) in [5.41, 5.74) is -0.193. The zero-order valence-corrected chi connectivity index (χ0v) is 14.3. The minimum Gasteiger partial charge on any atom is -0.444 e. The molecule has 5 nitrogen and oxygen atoms in total. The fourth-order valence-electron chi connectivity index (χ4n) is 2.42. The molecule has 1 saturated heterocycles. The number of carbonyl (C=O) groups is 1. The summed E-state index contributed by atoms with van der Waals surface area (Å²) in [7, 11) is 0. The molecule has 7 heteroatoms. The number of nitrogens with one attached hydrogen (secondary N) is 1. The maximum absolute atomic E-state index is 13.6. The van der Waals surface area contributed by atoms with Gasteiger partial charge in [-0.25, -0.2) is 13.6 Å². The largest absolute Gasteiger partial charge is 0.444 e. The number of morpholine rings is 1. The fraction of sp³-hybridized carbons (Fsp3) is 0.588. The second-order valence-electron chi connectivity index (χ2n) is 6.77. The summed E-state index contributed by atoms with van der Waals surface area (Å²) >= 11 is 0. The Kier molecular flexibility index (Phi) is 6.12. The van der Waals surface area contributed by atoms with E-state index in [-0.39, 0.29) is 18.7 Å². The van der Waals surface area contributed by atoms with Gasteiger partial charge in [0.05, 0.1) is 19.3 Å². The number of rotatable bonds is 4. The van der Waals surface area contributed by atoms with Crippen LogP contribution in [0.25, 0.3) is 0 Å². The van der Waals surface area contributed by atoms with Gasteiger partial charge < -0.3 is 14.8 Å². The molecule has 1 aromatic carbocycles. The number of ether oxygens (including phenoxy) is 2. The van der Waals surface area contributed by atoms with E-state index in [0.29, 0.717) is 31.9 Å². The van der Waals surface area contributed by atoms with Crippen LogP contribution < -0.4 is 5.32 Å². The van der Waals surface area contributed by atoms with Crippen molar-refractivity contribution in [2.24, 2.45) is 0 Å². The molecular weight excluding hydrogens is 318 g/mol. The predicted octanol–water partition coefficient (Wildman–Crippen LogP) is 2.69. The van der Waals surface area contributed by atoms with E-state index >= 15 is 0 Å². The number of amides is 1. The fourth-order valence-corrected chi connectivity index (χ4v) is 2.42. The Balaban J connectivity index is 1.90. The maximum atomic E-state index is 13.6. The van der Waals surface area contributed by atoms with Crippen molar-refractivity contribution < 1.29 is 23.0 Å². The number of nitrogens with zero attached hydrogens (tertiary/aromatic N) is 1. The smallest absolute Gasteiger partial charge is 0.410 e. The van der Waals surface area contributed by atoms with Gasteiger partial charge in [0.15, 0.2) is 0 Å². The highest BCUT2D eigenvalue weighted by Gasteiger charge is 2.30. The first kappa shape index (κ1) is 18.6. The van der Waals surface area contributed by atoms with E-state index in [1.807, 2.05) is 20.8 Å². The summed E-state index contributed by atoms with van der Waals surface area (Å²) in [6, 6.07) is 3.28. The van der Waals surface area contributed by atoms with Gasteiger partial charge in [0.1, 0.15) is 17.2 Å². The van der Waals surface area contributed by atoms with E-state index in [1.54, 1.807) is 4.90 Å². The molecule has 1 aromatic rings. The number of halogens is 2. The molecule has 24 heavy (non-hydrogen) atoms. The van der Waals surface area contributed by atoms with Gasteiger partial charge >= 0.3 is 6.09 Å². The van der Waals surface area contributed by atoms with E-state index < -0.39 is 17.2 Å². The van der Waals surface area contributed by atoms with Crippen molar-refractivity contribution in [1.82, 2.24) is 10.2 Å². The number of carbonyl (C=O) groups excluding carboxylic acids is 1. The van der Waals surface area contributed by atoms with Crippen molar-refractivity contribution in [2.75, 3.05) is 26.3 Å². The van der Waals surface area contributed by atoms with E-state index in [1.165, 1.54) is 12.1 Å². The Morgan fingerprint density at radius 3 is 2.83 bits per heavy atom. The lowest BCUT2D eigenvalue weighted by molar-refractivity contribution is -0.0317. The van der Waals surface area contributed by atoms with Crippen LogP contribution in [0.1, 0.15) is 26.3 Å². The van der Waals surface area contributed by atoms with Gasteiger partial charge in [-0.2, -0.15) is 0 Å². The van der Waals surface area contributed by atoms with E-state index in [2.05, 4.69) is 5.32 Å². The SMILES string of the molecule is CC(C)(C)OC(=O)N1CCOCC1CNCc1ccc(F)cc1F. The molecule has 1 unspecified atom stereocenters. The van der Waals surface area contributed by atoms with E-state index in [4.69, 9.17) is 9.47 Å². The number of hydrogen-bond acceptors (Lipinski definition) is 4. The average molecular weight is 342 g/mol.